The van der Waals surface area contributed by atoms with Crippen molar-refractivity contribution in [2.75, 3.05) is 0 Å². The van der Waals surface area contributed by atoms with Crippen LogP contribution in [-0.2, 0) is 6.18 Å². The highest BCUT2D eigenvalue weighted by molar-refractivity contribution is 6.29. The first-order valence-corrected chi connectivity index (χ1v) is 4.47. The van der Waals surface area contributed by atoms with Gasteiger partial charge in [0.25, 0.3) is 0 Å². The van der Waals surface area contributed by atoms with Gasteiger partial charge in [-0.15, -0.1) is 0 Å². The van der Waals surface area contributed by atoms with E-state index >= 15 is 0 Å². The van der Waals surface area contributed by atoms with Gasteiger partial charge in [0, 0.05) is 0 Å². The number of hydrogen-bond acceptors (Lipinski definition) is 2. The van der Waals surface area contributed by atoms with Crippen LogP contribution in [0.25, 0.3) is 5.65 Å². The number of imidazole rings is 1. The SMILES string of the molecule is Cc1nc2c(C(F)(F)F)cc(Cl)nn2c1F. The number of aryl methyl sites for hydroxylation is 1. The zero-order chi connectivity index (χ0) is 12.1. The van der Waals surface area contributed by atoms with Gasteiger partial charge in [-0.25, -0.2) is 4.98 Å². The summed E-state index contributed by atoms with van der Waals surface area (Å²) in [4.78, 5) is 3.47. The molecular weight excluding hydrogens is 250 g/mol. The summed E-state index contributed by atoms with van der Waals surface area (Å²) in [5, 5.41) is 2.97. The Balaban J connectivity index is 2.89. The maximum atomic E-state index is 13.3. The van der Waals surface area contributed by atoms with E-state index in [9.17, 15) is 17.6 Å². The third-order valence-electron chi connectivity index (χ3n) is 1.96. The fourth-order valence-electron chi connectivity index (χ4n) is 1.28. The summed E-state index contributed by atoms with van der Waals surface area (Å²) in [6.45, 7) is 1.25. The van der Waals surface area contributed by atoms with Gasteiger partial charge in [-0.1, -0.05) is 11.6 Å². The van der Waals surface area contributed by atoms with Gasteiger partial charge in [0.1, 0.15) is 5.56 Å². The van der Waals surface area contributed by atoms with E-state index in [0.29, 0.717) is 10.6 Å². The monoisotopic (exact) mass is 253 g/mol. The van der Waals surface area contributed by atoms with Crippen molar-refractivity contribution in [2.24, 2.45) is 0 Å². The van der Waals surface area contributed by atoms with Crippen molar-refractivity contribution in [3.05, 3.63) is 28.4 Å². The Kier molecular flexibility index (Phi) is 2.30. The molecule has 0 amide bonds. The van der Waals surface area contributed by atoms with E-state index < -0.39 is 28.5 Å². The van der Waals surface area contributed by atoms with Gasteiger partial charge < -0.3 is 0 Å². The van der Waals surface area contributed by atoms with Crippen LogP contribution in [0.4, 0.5) is 17.6 Å². The summed E-state index contributed by atoms with van der Waals surface area (Å²) >= 11 is 5.38. The molecule has 2 aromatic rings. The topological polar surface area (TPSA) is 30.2 Å². The van der Waals surface area contributed by atoms with Crippen LogP contribution in [0.5, 0.6) is 0 Å². The molecule has 8 heteroatoms. The molecule has 0 aromatic carbocycles. The van der Waals surface area contributed by atoms with Crippen LogP contribution in [0, 0.1) is 12.9 Å². The first kappa shape index (κ1) is 11.1. The Morgan fingerprint density at radius 1 is 1.38 bits per heavy atom. The second kappa shape index (κ2) is 3.31. The lowest BCUT2D eigenvalue weighted by Gasteiger charge is -2.07. The Morgan fingerprint density at radius 3 is 2.56 bits per heavy atom. The number of aromatic nitrogens is 3. The van der Waals surface area contributed by atoms with Gasteiger partial charge in [0.05, 0.1) is 5.69 Å². The molecule has 0 aliphatic heterocycles. The van der Waals surface area contributed by atoms with Crippen LogP contribution in [0.1, 0.15) is 11.3 Å². The molecule has 16 heavy (non-hydrogen) atoms. The zero-order valence-electron chi connectivity index (χ0n) is 7.81. The molecule has 0 bridgehead atoms. The lowest BCUT2D eigenvalue weighted by Crippen LogP contribution is -2.10. The van der Waals surface area contributed by atoms with Crippen molar-refractivity contribution < 1.29 is 17.6 Å². The first-order valence-electron chi connectivity index (χ1n) is 4.09. The number of fused-ring (bicyclic) bond motifs is 1. The fraction of sp³-hybridized carbons (Fsp3) is 0.250. The molecule has 2 aromatic heterocycles. The molecule has 0 atom stereocenters. The average molecular weight is 254 g/mol. The lowest BCUT2D eigenvalue weighted by molar-refractivity contribution is -0.136. The maximum absolute atomic E-state index is 13.3. The standard InChI is InChI=1S/C8H4ClF4N3/c1-3-6(10)16-7(14-3)4(8(11,12)13)2-5(9)15-16/h2H,1H3. The van der Waals surface area contributed by atoms with Crippen molar-refractivity contribution in [3.63, 3.8) is 0 Å². The molecule has 86 valence electrons. The molecule has 3 nitrogen and oxygen atoms in total. The van der Waals surface area contributed by atoms with E-state index in [4.69, 9.17) is 11.6 Å². The fourth-order valence-corrected chi connectivity index (χ4v) is 1.47. The smallest absolute Gasteiger partial charge is 0.228 e. The van der Waals surface area contributed by atoms with Crippen molar-refractivity contribution in [3.8, 4) is 0 Å². The summed E-state index contributed by atoms with van der Waals surface area (Å²) in [7, 11) is 0. The molecule has 2 rings (SSSR count). The number of rotatable bonds is 0. The van der Waals surface area contributed by atoms with E-state index in [1.54, 1.807) is 0 Å². The van der Waals surface area contributed by atoms with E-state index in [1.807, 2.05) is 0 Å². The summed E-state index contributed by atoms with van der Waals surface area (Å²) in [6.07, 6.45) is -4.65. The molecule has 0 aliphatic carbocycles. The van der Waals surface area contributed by atoms with Crippen LogP contribution in [0.2, 0.25) is 5.15 Å². The van der Waals surface area contributed by atoms with Crippen LogP contribution >= 0.6 is 11.6 Å². The molecule has 0 spiro atoms. The molecular formula is C8H4ClF4N3. The quantitative estimate of drug-likeness (QED) is 0.676. The zero-order valence-corrected chi connectivity index (χ0v) is 8.56. The Bertz CT molecular complexity index is 560. The highest BCUT2D eigenvalue weighted by Gasteiger charge is 2.35. The van der Waals surface area contributed by atoms with Crippen molar-refractivity contribution in [2.45, 2.75) is 13.1 Å². The third-order valence-corrected chi connectivity index (χ3v) is 2.15. The van der Waals surface area contributed by atoms with Gasteiger partial charge in [-0.2, -0.15) is 27.2 Å². The summed E-state index contributed by atoms with van der Waals surface area (Å²) < 4.78 is 51.5. The molecule has 0 N–H and O–H groups in total. The second-order valence-corrected chi connectivity index (χ2v) is 3.49. The van der Waals surface area contributed by atoms with Gasteiger partial charge in [-0.3, -0.25) is 0 Å². The Hall–Kier alpha value is -1.37. The highest BCUT2D eigenvalue weighted by Crippen LogP contribution is 2.33. The van der Waals surface area contributed by atoms with Gasteiger partial charge in [0.15, 0.2) is 10.8 Å². The molecule has 0 saturated heterocycles. The highest BCUT2D eigenvalue weighted by atomic mass is 35.5. The first-order chi connectivity index (χ1) is 7.30. The Labute approximate surface area is 91.7 Å². The normalized spacial score (nSPS) is 12.4. The minimum atomic E-state index is -4.65. The minimum absolute atomic E-state index is 0.166. The van der Waals surface area contributed by atoms with Gasteiger partial charge >= 0.3 is 6.18 Å². The predicted octanol–water partition coefficient (Wildman–Crippen LogP) is 2.85. The number of halogens is 5. The second-order valence-electron chi connectivity index (χ2n) is 3.10. The number of hydrogen-bond donors (Lipinski definition) is 0. The van der Waals surface area contributed by atoms with Crippen LogP contribution in [0.3, 0.4) is 0 Å². The van der Waals surface area contributed by atoms with Crippen LogP contribution in [0.15, 0.2) is 6.07 Å². The maximum Gasteiger partial charge on any atom is 0.420 e. The van der Waals surface area contributed by atoms with Gasteiger partial charge in [-0.05, 0) is 13.0 Å². The molecule has 0 aliphatic rings. The minimum Gasteiger partial charge on any atom is -0.228 e. The van der Waals surface area contributed by atoms with Crippen LogP contribution < -0.4 is 0 Å². The molecule has 0 unspecified atom stereocenters. The summed E-state index contributed by atoms with van der Waals surface area (Å²) in [5.74, 6) is -0.956. The van der Waals surface area contributed by atoms with E-state index in [0.717, 1.165) is 0 Å². The van der Waals surface area contributed by atoms with E-state index in [2.05, 4.69) is 10.1 Å². The Morgan fingerprint density at radius 2 is 2.00 bits per heavy atom. The van der Waals surface area contributed by atoms with E-state index in [1.165, 1.54) is 6.92 Å². The summed E-state index contributed by atoms with van der Waals surface area (Å²) in [5.41, 5.74) is -1.87. The lowest BCUT2D eigenvalue weighted by atomic mass is 10.3. The van der Waals surface area contributed by atoms with Crippen molar-refractivity contribution >= 4 is 17.2 Å². The van der Waals surface area contributed by atoms with E-state index in [-0.39, 0.29) is 5.69 Å². The van der Waals surface area contributed by atoms with Crippen LogP contribution in [-0.4, -0.2) is 14.6 Å². The van der Waals surface area contributed by atoms with Crippen molar-refractivity contribution in [1.82, 2.24) is 14.6 Å². The average Bonchev–Trinajstić information content (AvgIpc) is 2.42. The van der Waals surface area contributed by atoms with Gasteiger partial charge in [0.2, 0.25) is 5.95 Å². The number of alkyl halides is 3. The number of nitrogens with zero attached hydrogens (tertiary/aromatic N) is 3. The molecule has 0 radical (unpaired) electrons. The third kappa shape index (κ3) is 1.60. The van der Waals surface area contributed by atoms with Crippen molar-refractivity contribution in [1.29, 1.82) is 0 Å². The summed E-state index contributed by atoms with van der Waals surface area (Å²) in [6, 6.07) is 0.614. The molecule has 0 saturated carbocycles. The predicted molar refractivity (Wildman–Crippen MR) is 47.7 cm³/mol. The largest absolute Gasteiger partial charge is 0.420 e. The molecule has 2 heterocycles. The molecule has 0 fully saturated rings.